The molecule has 0 heterocycles. The number of hydrogen-bond acceptors (Lipinski definition) is 7. The van der Waals surface area contributed by atoms with E-state index in [0.29, 0.717) is 5.56 Å². The largest absolute Gasteiger partial charge is 0.460 e. The quantitative estimate of drug-likeness (QED) is 0.213. The molecule has 0 aliphatic rings. The van der Waals surface area contributed by atoms with E-state index in [1.165, 1.54) is 0 Å². The highest BCUT2D eigenvalue weighted by Gasteiger charge is 2.54. The number of hydrazine groups is 1. The van der Waals surface area contributed by atoms with Crippen LogP contribution in [0.1, 0.15) is 31.0 Å². The molecule has 2 aromatic rings. The van der Waals surface area contributed by atoms with Crippen LogP contribution in [0.5, 0.6) is 0 Å². The van der Waals surface area contributed by atoms with Gasteiger partial charge in [0.1, 0.15) is 24.7 Å². The zero-order chi connectivity index (χ0) is 22.1. The standard InChI is InChI=1S/C22H29N3O5/c1-15(2)22(18(26)14-30-21(28)25-24,19(23)17-11-7-4-8-12-17)20(27)29-13-16-9-5-3-6-10-16/h3-12,15,18-19,26H,13-14,23-24H2,1-2H3,(H,25,28)/t18-,19?,22-/m1/s1. The van der Waals surface area contributed by atoms with Crippen molar-refractivity contribution in [1.82, 2.24) is 5.43 Å². The first-order chi connectivity index (χ1) is 14.3. The van der Waals surface area contributed by atoms with Crippen LogP contribution in [0.25, 0.3) is 0 Å². The summed E-state index contributed by atoms with van der Waals surface area (Å²) in [6, 6.07) is 17.2. The lowest BCUT2D eigenvalue weighted by molar-refractivity contribution is -0.176. The number of nitrogens with one attached hydrogen (secondary N) is 1. The van der Waals surface area contributed by atoms with Crippen LogP contribution in [0.3, 0.4) is 0 Å². The van der Waals surface area contributed by atoms with Gasteiger partial charge in [-0.2, -0.15) is 0 Å². The highest BCUT2D eigenvalue weighted by molar-refractivity contribution is 5.79. The average Bonchev–Trinajstić information content (AvgIpc) is 2.77. The van der Waals surface area contributed by atoms with Gasteiger partial charge in [0.15, 0.2) is 0 Å². The van der Waals surface area contributed by atoms with Gasteiger partial charge in [-0.15, -0.1) is 0 Å². The minimum Gasteiger partial charge on any atom is -0.460 e. The number of aliphatic hydroxyl groups is 1. The molecule has 1 unspecified atom stereocenters. The Bertz CT molecular complexity index is 816. The number of hydrogen-bond donors (Lipinski definition) is 4. The van der Waals surface area contributed by atoms with E-state index in [0.717, 1.165) is 5.56 Å². The molecule has 6 N–H and O–H groups in total. The summed E-state index contributed by atoms with van der Waals surface area (Å²) < 4.78 is 10.5. The number of rotatable bonds is 9. The minimum atomic E-state index is -1.58. The topological polar surface area (TPSA) is 137 Å². The van der Waals surface area contributed by atoms with E-state index in [4.69, 9.17) is 21.1 Å². The first kappa shape index (κ1) is 23.3. The molecular formula is C22H29N3O5. The number of nitrogens with two attached hydrogens (primary N) is 2. The summed E-state index contributed by atoms with van der Waals surface area (Å²) in [6.45, 7) is 3.06. The molecule has 0 saturated carbocycles. The van der Waals surface area contributed by atoms with Crippen molar-refractivity contribution in [3.05, 3.63) is 71.8 Å². The molecule has 0 aliphatic carbocycles. The summed E-state index contributed by atoms with van der Waals surface area (Å²) in [5.74, 6) is 3.90. The van der Waals surface area contributed by atoms with Crippen molar-refractivity contribution in [1.29, 1.82) is 0 Å². The van der Waals surface area contributed by atoms with E-state index < -0.39 is 42.1 Å². The van der Waals surface area contributed by atoms with E-state index in [1.807, 2.05) is 41.8 Å². The van der Waals surface area contributed by atoms with Gasteiger partial charge >= 0.3 is 12.1 Å². The normalized spacial score (nSPS) is 15.0. The fourth-order valence-electron chi connectivity index (χ4n) is 3.57. The van der Waals surface area contributed by atoms with Gasteiger partial charge in [-0.25, -0.2) is 10.6 Å². The molecule has 0 bridgehead atoms. The molecule has 2 rings (SSSR count). The van der Waals surface area contributed by atoms with E-state index in [9.17, 15) is 14.7 Å². The van der Waals surface area contributed by atoms with Gasteiger partial charge in [-0.1, -0.05) is 74.5 Å². The van der Waals surface area contributed by atoms with Gasteiger partial charge in [0.25, 0.3) is 0 Å². The number of carbonyl (C=O) groups excluding carboxylic acids is 2. The number of esters is 1. The van der Waals surface area contributed by atoms with E-state index in [-0.39, 0.29) is 6.61 Å². The summed E-state index contributed by atoms with van der Waals surface area (Å²) in [7, 11) is 0. The first-order valence-electron chi connectivity index (χ1n) is 9.67. The Hall–Kier alpha value is -2.94. The molecule has 0 aliphatic heterocycles. The molecule has 2 aromatic carbocycles. The summed E-state index contributed by atoms with van der Waals surface area (Å²) in [6.07, 6.45) is -2.37. The van der Waals surface area contributed by atoms with Crippen LogP contribution in [0.15, 0.2) is 60.7 Å². The molecule has 3 atom stereocenters. The third kappa shape index (κ3) is 5.15. The molecule has 0 radical (unpaired) electrons. The summed E-state index contributed by atoms with van der Waals surface area (Å²) in [5, 5.41) is 11.0. The van der Waals surface area contributed by atoms with Gasteiger partial charge < -0.3 is 20.3 Å². The first-order valence-corrected chi connectivity index (χ1v) is 9.67. The predicted molar refractivity (Wildman–Crippen MR) is 112 cm³/mol. The summed E-state index contributed by atoms with van der Waals surface area (Å²) in [5.41, 5.74) is 8.22. The Labute approximate surface area is 176 Å². The molecule has 0 spiro atoms. The highest BCUT2D eigenvalue weighted by Crippen LogP contribution is 2.44. The molecule has 0 saturated heterocycles. The molecule has 0 aromatic heterocycles. The Morgan fingerprint density at radius 3 is 2.13 bits per heavy atom. The maximum absolute atomic E-state index is 13.4. The minimum absolute atomic E-state index is 0.0204. The van der Waals surface area contributed by atoms with Gasteiger partial charge in [0.05, 0.1) is 0 Å². The van der Waals surface area contributed by atoms with Crippen molar-refractivity contribution in [3.63, 3.8) is 0 Å². The Balaban J connectivity index is 2.39. The van der Waals surface area contributed by atoms with Crippen LogP contribution in [0.2, 0.25) is 0 Å². The second-order valence-electron chi connectivity index (χ2n) is 7.30. The lowest BCUT2D eigenvalue weighted by atomic mass is 9.65. The van der Waals surface area contributed by atoms with Gasteiger partial charge in [-0.05, 0) is 17.0 Å². The van der Waals surface area contributed by atoms with Crippen LogP contribution in [0, 0.1) is 11.3 Å². The lowest BCUT2D eigenvalue weighted by Crippen LogP contribution is -2.56. The average molecular weight is 415 g/mol. The number of ether oxygens (including phenoxy) is 2. The highest BCUT2D eigenvalue weighted by atomic mass is 16.6. The molecule has 30 heavy (non-hydrogen) atoms. The summed E-state index contributed by atoms with van der Waals surface area (Å²) in [4.78, 5) is 24.8. The maximum atomic E-state index is 13.4. The molecule has 8 nitrogen and oxygen atoms in total. The SMILES string of the molecule is CC(C)[C@](C(=O)OCc1ccccc1)(C(N)c1ccccc1)[C@H](O)COC(=O)NN. The van der Waals surface area contributed by atoms with E-state index in [2.05, 4.69) is 0 Å². The molecule has 8 heteroatoms. The van der Waals surface area contributed by atoms with Gasteiger partial charge in [-0.3, -0.25) is 10.2 Å². The lowest BCUT2D eigenvalue weighted by Gasteiger charge is -2.43. The van der Waals surface area contributed by atoms with E-state index >= 15 is 0 Å². The second kappa shape index (κ2) is 10.7. The number of aliphatic hydroxyl groups excluding tert-OH is 1. The number of carbonyl (C=O) groups is 2. The Morgan fingerprint density at radius 1 is 1.03 bits per heavy atom. The maximum Gasteiger partial charge on any atom is 0.421 e. The third-order valence-corrected chi connectivity index (χ3v) is 5.24. The molecule has 162 valence electrons. The smallest absolute Gasteiger partial charge is 0.421 e. The Morgan fingerprint density at radius 2 is 1.60 bits per heavy atom. The van der Waals surface area contributed by atoms with Crippen LogP contribution >= 0.6 is 0 Å². The van der Waals surface area contributed by atoms with Gasteiger partial charge in [0.2, 0.25) is 0 Å². The number of amides is 1. The molecule has 0 fully saturated rings. The van der Waals surface area contributed by atoms with Crippen LogP contribution in [-0.4, -0.2) is 29.9 Å². The van der Waals surface area contributed by atoms with Crippen molar-refractivity contribution in [2.24, 2.45) is 22.9 Å². The fourth-order valence-corrected chi connectivity index (χ4v) is 3.57. The van der Waals surface area contributed by atoms with Crippen molar-refractivity contribution < 1.29 is 24.2 Å². The zero-order valence-electron chi connectivity index (χ0n) is 17.2. The van der Waals surface area contributed by atoms with Crippen molar-refractivity contribution in [3.8, 4) is 0 Å². The second-order valence-corrected chi connectivity index (χ2v) is 7.30. The van der Waals surface area contributed by atoms with Crippen molar-refractivity contribution in [2.45, 2.75) is 32.6 Å². The zero-order valence-corrected chi connectivity index (χ0v) is 17.2. The van der Waals surface area contributed by atoms with Crippen LogP contribution < -0.4 is 17.0 Å². The Kier molecular flexibility index (Phi) is 8.35. The van der Waals surface area contributed by atoms with Gasteiger partial charge in [0, 0.05) is 6.04 Å². The monoisotopic (exact) mass is 415 g/mol. The molecule has 1 amide bonds. The predicted octanol–water partition coefficient (Wildman–Crippen LogP) is 2.03. The fraction of sp³-hybridized carbons (Fsp3) is 0.364. The van der Waals surface area contributed by atoms with E-state index in [1.54, 1.807) is 38.1 Å². The van der Waals surface area contributed by atoms with Crippen molar-refractivity contribution in [2.75, 3.05) is 6.61 Å². The van der Waals surface area contributed by atoms with Crippen molar-refractivity contribution >= 4 is 12.1 Å². The summed E-state index contributed by atoms with van der Waals surface area (Å²) >= 11 is 0. The number of benzene rings is 2. The molecular weight excluding hydrogens is 386 g/mol. The van der Waals surface area contributed by atoms with Crippen LogP contribution in [0.4, 0.5) is 4.79 Å². The van der Waals surface area contributed by atoms with Crippen LogP contribution in [-0.2, 0) is 20.9 Å². The third-order valence-electron chi connectivity index (χ3n) is 5.24.